The topological polar surface area (TPSA) is 40.9 Å². The molecule has 0 atom stereocenters. The lowest BCUT2D eigenvalue weighted by molar-refractivity contribution is 0.112. The van der Waals surface area contributed by atoms with E-state index in [2.05, 4.69) is 0 Å². The minimum Gasteiger partial charge on any atom is -0.298 e. The third kappa shape index (κ3) is 1.29. The standard InChI is InChI=1S/C10H4ClNOS/c11-9-5-14-10-2-7(4-13)6(3-12)1-8(9)10/h1-2,4-5H. The Balaban J connectivity index is 2.86. The van der Waals surface area contributed by atoms with Crippen molar-refractivity contribution in [2.75, 3.05) is 0 Å². The molecule has 0 radical (unpaired) electrons. The van der Waals surface area contributed by atoms with E-state index in [1.54, 1.807) is 17.5 Å². The number of nitriles is 1. The molecule has 0 amide bonds. The van der Waals surface area contributed by atoms with Gasteiger partial charge in [0.05, 0.1) is 16.7 Å². The lowest BCUT2D eigenvalue weighted by Crippen LogP contribution is -1.85. The van der Waals surface area contributed by atoms with Crippen molar-refractivity contribution in [1.29, 1.82) is 5.26 Å². The first-order valence-corrected chi connectivity index (χ1v) is 5.08. The van der Waals surface area contributed by atoms with Gasteiger partial charge >= 0.3 is 0 Å². The van der Waals surface area contributed by atoms with Crippen LogP contribution in [-0.2, 0) is 0 Å². The zero-order chi connectivity index (χ0) is 10.1. The van der Waals surface area contributed by atoms with Crippen molar-refractivity contribution in [3.63, 3.8) is 0 Å². The van der Waals surface area contributed by atoms with Crippen LogP contribution in [0, 0.1) is 11.3 Å². The smallest absolute Gasteiger partial charge is 0.151 e. The molecule has 2 aromatic rings. The van der Waals surface area contributed by atoms with E-state index in [0.29, 0.717) is 22.4 Å². The van der Waals surface area contributed by atoms with Crippen LogP contribution in [0.3, 0.4) is 0 Å². The molecule has 0 saturated carbocycles. The average Bonchev–Trinajstić information content (AvgIpc) is 2.58. The highest BCUT2D eigenvalue weighted by Gasteiger charge is 2.07. The number of aldehydes is 1. The van der Waals surface area contributed by atoms with E-state index < -0.39 is 0 Å². The molecule has 4 heteroatoms. The molecular weight excluding hydrogens is 218 g/mol. The Morgan fingerprint density at radius 1 is 1.50 bits per heavy atom. The van der Waals surface area contributed by atoms with Gasteiger partial charge in [-0.25, -0.2) is 0 Å². The van der Waals surface area contributed by atoms with Gasteiger partial charge in [0.1, 0.15) is 0 Å². The molecule has 0 N–H and O–H groups in total. The summed E-state index contributed by atoms with van der Waals surface area (Å²) >= 11 is 7.37. The number of thiophene rings is 1. The van der Waals surface area contributed by atoms with E-state index in [1.807, 2.05) is 6.07 Å². The number of fused-ring (bicyclic) bond motifs is 1. The van der Waals surface area contributed by atoms with Crippen molar-refractivity contribution in [2.24, 2.45) is 0 Å². The Morgan fingerprint density at radius 3 is 2.93 bits per heavy atom. The van der Waals surface area contributed by atoms with E-state index in [9.17, 15) is 4.79 Å². The number of halogens is 1. The maximum absolute atomic E-state index is 10.7. The van der Waals surface area contributed by atoms with E-state index >= 15 is 0 Å². The van der Waals surface area contributed by atoms with Crippen molar-refractivity contribution in [3.05, 3.63) is 33.7 Å². The number of rotatable bonds is 1. The molecule has 0 spiro atoms. The summed E-state index contributed by atoms with van der Waals surface area (Å²) in [6, 6.07) is 5.31. The highest BCUT2D eigenvalue weighted by molar-refractivity contribution is 7.17. The van der Waals surface area contributed by atoms with Gasteiger partial charge < -0.3 is 0 Å². The zero-order valence-electron chi connectivity index (χ0n) is 6.95. The fourth-order valence-corrected chi connectivity index (χ4v) is 2.45. The number of benzene rings is 1. The van der Waals surface area contributed by atoms with Crippen LogP contribution in [0.2, 0.25) is 5.02 Å². The first kappa shape index (κ1) is 9.20. The highest BCUT2D eigenvalue weighted by atomic mass is 35.5. The van der Waals surface area contributed by atoms with Gasteiger partial charge in [-0.3, -0.25) is 4.79 Å². The second kappa shape index (κ2) is 3.41. The van der Waals surface area contributed by atoms with Gasteiger partial charge in [0, 0.05) is 21.0 Å². The van der Waals surface area contributed by atoms with Gasteiger partial charge in [-0.1, -0.05) is 11.6 Å². The van der Waals surface area contributed by atoms with Gasteiger partial charge in [0.15, 0.2) is 6.29 Å². The van der Waals surface area contributed by atoms with Crippen LogP contribution in [0.25, 0.3) is 10.1 Å². The number of carbonyl (C=O) groups is 1. The monoisotopic (exact) mass is 221 g/mol. The molecule has 1 aromatic carbocycles. The van der Waals surface area contributed by atoms with Crippen LogP contribution in [0.15, 0.2) is 17.5 Å². The van der Waals surface area contributed by atoms with Crippen molar-refractivity contribution in [3.8, 4) is 6.07 Å². The quantitative estimate of drug-likeness (QED) is 0.694. The largest absolute Gasteiger partial charge is 0.298 e. The summed E-state index contributed by atoms with van der Waals surface area (Å²) < 4.78 is 0.927. The molecule has 0 aliphatic rings. The first-order valence-electron chi connectivity index (χ1n) is 3.82. The van der Waals surface area contributed by atoms with Gasteiger partial charge in [-0.05, 0) is 12.1 Å². The fourth-order valence-electron chi connectivity index (χ4n) is 1.25. The second-order valence-corrected chi connectivity index (χ2v) is 4.07. The van der Waals surface area contributed by atoms with Crippen LogP contribution >= 0.6 is 22.9 Å². The van der Waals surface area contributed by atoms with Gasteiger partial charge in [-0.15, -0.1) is 11.3 Å². The Labute approximate surface area is 89.3 Å². The summed E-state index contributed by atoms with van der Waals surface area (Å²) in [5, 5.41) is 12.0. The molecule has 0 unspecified atom stereocenters. The molecular formula is C10H4ClNOS. The molecule has 0 aliphatic carbocycles. The molecule has 2 nitrogen and oxygen atoms in total. The van der Waals surface area contributed by atoms with Crippen molar-refractivity contribution >= 4 is 39.3 Å². The summed E-state index contributed by atoms with van der Waals surface area (Å²) in [6.07, 6.45) is 0.686. The van der Waals surface area contributed by atoms with E-state index in [0.717, 1.165) is 10.1 Å². The number of nitrogens with zero attached hydrogens (tertiary/aromatic N) is 1. The SMILES string of the molecule is N#Cc1cc2c(Cl)csc2cc1C=O. The minimum atomic E-state index is 0.368. The summed E-state index contributed by atoms with van der Waals surface area (Å²) in [7, 11) is 0. The third-order valence-electron chi connectivity index (χ3n) is 1.95. The van der Waals surface area contributed by atoms with Crippen LogP contribution in [0.1, 0.15) is 15.9 Å². The molecule has 14 heavy (non-hydrogen) atoms. The normalized spacial score (nSPS) is 10.0. The number of carbonyl (C=O) groups excluding carboxylic acids is 1. The third-order valence-corrected chi connectivity index (χ3v) is 3.33. The molecule has 0 fully saturated rings. The van der Waals surface area contributed by atoms with Crippen LogP contribution in [-0.4, -0.2) is 6.29 Å². The van der Waals surface area contributed by atoms with Gasteiger partial charge in [-0.2, -0.15) is 5.26 Å². The summed E-state index contributed by atoms with van der Waals surface area (Å²) in [5.41, 5.74) is 0.784. The summed E-state index contributed by atoms with van der Waals surface area (Å²) in [6.45, 7) is 0. The Bertz CT molecular complexity index is 553. The van der Waals surface area contributed by atoms with Crippen LogP contribution in [0.5, 0.6) is 0 Å². The van der Waals surface area contributed by atoms with E-state index in [1.165, 1.54) is 11.3 Å². The van der Waals surface area contributed by atoms with Crippen LogP contribution in [0.4, 0.5) is 0 Å². The Kier molecular flexibility index (Phi) is 2.24. The van der Waals surface area contributed by atoms with Gasteiger partial charge in [0.25, 0.3) is 0 Å². The molecule has 68 valence electrons. The second-order valence-electron chi connectivity index (χ2n) is 2.75. The lowest BCUT2D eigenvalue weighted by atomic mass is 10.1. The minimum absolute atomic E-state index is 0.368. The lowest BCUT2D eigenvalue weighted by Gasteiger charge is -1.96. The Morgan fingerprint density at radius 2 is 2.29 bits per heavy atom. The number of hydrogen-bond donors (Lipinski definition) is 0. The maximum Gasteiger partial charge on any atom is 0.151 e. The van der Waals surface area contributed by atoms with E-state index in [4.69, 9.17) is 16.9 Å². The predicted molar refractivity (Wildman–Crippen MR) is 56.9 cm³/mol. The van der Waals surface area contributed by atoms with Crippen molar-refractivity contribution in [1.82, 2.24) is 0 Å². The first-order chi connectivity index (χ1) is 6.76. The van der Waals surface area contributed by atoms with Crippen molar-refractivity contribution in [2.45, 2.75) is 0 Å². The van der Waals surface area contributed by atoms with Crippen LogP contribution < -0.4 is 0 Å². The summed E-state index contributed by atoms with van der Waals surface area (Å²) in [5.74, 6) is 0. The van der Waals surface area contributed by atoms with E-state index in [-0.39, 0.29) is 0 Å². The predicted octanol–water partition coefficient (Wildman–Crippen LogP) is 3.24. The molecule has 1 heterocycles. The summed E-state index contributed by atoms with van der Waals surface area (Å²) in [4.78, 5) is 10.7. The van der Waals surface area contributed by atoms with Crippen molar-refractivity contribution < 1.29 is 4.79 Å². The Hall–Kier alpha value is -1.37. The average molecular weight is 222 g/mol. The fraction of sp³-hybridized carbons (Fsp3) is 0. The molecule has 2 rings (SSSR count). The molecule has 0 saturated heterocycles. The zero-order valence-corrected chi connectivity index (χ0v) is 8.52. The molecule has 0 aliphatic heterocycles. The highest BCUT2D eigenvalue weighted by Crippen LogP contribution is 2.31. The molecule has 0 bridgehead atoms. The maximum atomic E-state index is 10.7. The number of hydrogen-bond acceptors (Lipinski definition) is 3. The van der Waals surface area contributed by atoms with Gasteiger partial charge in [0.2, 0.25) is 0 Å². The molecule has 1 aromatic heterocycles.